The van der Waals surface area contributed by atoms with Crippen LogP contribution in [0.5, 0.6) is 5.75 Å². The van der Waals surface area contributed by atoms with E-state index in [0.29, 0.717) is 43.8 Å². The molecule has 0 atom stereocenters. The minimum atomic E-state index is -3.66. The highest BCUT2D eigenvalue weighted by Crippen LogP contribution is 2.45. The number of nitrogens with zero attached hydrogens (tertiary/aromatic N) is 1. The molecule has 1 aliphatic carbocycles. The molecule has 1 heterocycles. The zero-order chi connectivity index (χ0) is 24.5. The van der Waals surface area contributed by atoms with Crippen molar-refractivity contribution in [1.29, 1.82) is 0 Å². The highest BCUT2D eigenvalue weighted by Gasteiger charge is 2.36. The lowest BCUT2D eigenvalue weighted by atomic mass is 9.93. The van der Waals surface area contributed by atoms with Crippen molar-refractivity contribution in [2.75, 3.05) is 26.0 Å². The highest BCUT2D eigenvalue weighted by molar-refractivity contribution is 7.89. The van der Waals surface area contributed by atoms with E-state index in [1.54, 1.807) is 25.1 Å². The zero-order valence-corrected chi connectivity index (χ0v) is 20.3. The topological polar surface area (TPSA) is 75.7 Å². The van der Waals surface area contributed by atoms with Gasteiger partial charge in [-0.2, -0.15) is 0 Å². The van der Waals surface area contributed by atoms with E-state index in [1.807, 2.05) is 10.8 Å². The minimum Gasteiger partial charge on any atom is -0.490 e. The van der Waals surface area contributed by atoms with Crippen LogP contribution >= 0.6 is 0 Å². The normalized spacial score (nSPS) is 18.5. The Morgan fingerprint density at radius 2 is 1.88 bits per heavy atom. The number of ether oxygens (including phenoxy) is 1. The van der Waals surface area contributed by atoms with Gasteiger partial charge in [0, 0.05) is 25.2 Å². The third kappa shape index (κ3) is 6.33. The van der Waals surface area contributed by atoms with Crippen LogP contribution in [-0.2, 0) is 16.6 Å². The van der Waals surface area contributed by atoms with Gasteiger partial charge in [0.1, 0.15) is 23.8 Å². The van der Waals surface area contributed by atoms with Gasteiger partial charge < -0.3 is 4.74 Å². The Labute approximate surface area is 199 Å². The first kappa shape index (κ1) is 24.6. The van der Waals surface area contributed by atoms with Crippen molar-refractivity contribution in [3.05, 3.63) is 64.5 Å². The largest absolute Gasteiger partial charge is 0.490 e. The van der Waals surface area contributed by atoms with E-state index in [4.69, 9.17) is 4.74 Å². The molecular formula is C25H30F2N2O4S. The van der Waals surface area contributed by atoms with Crippen molar-refractivity contribution in [2.24, 2.45) is 0 Å². The number of amides is 1. The highest BCUT2D eigenvalue weighted by atomic mass is 32.2. The van der Waals surface area contributed by atoms with Gasteiger partial charge in [-0.25, -0.2) is 21.9 Å². The van der Waals surface area contributed by atoms with E-state index in [0.717, 1.165) is 30.2 Å². The molecule has 34 heavy (non-hydrogen) atoms. The maximum Gasteiger partial charge on any atom is 0.264 e. The first-order valence-corrected chi connectivity index (χ1v) is 13.4. The number of carbonyl (C=O) groups is 1. The Morgan fingerprint density at radius 1 is 1.18 bits per heavy atom. The summed E-state index contributed by atoms with van der Waals surface area (Å²) in [5.74, 6) is -0.143. The van der Waals surface area contributed by atoms with Crippen LogP contribution in [0.1, 0.15) is 58.6 Å². The molecular weight excluding hydrogens is 462 g/mol. The summed E-state index contributed by atoms with van der Waals surface area (Å²) in [6.07, 6.45) is 3.50. The van der Waals surface area contributed by atoms with Crippen molar-refractivity contribution in [1.82, 2.24) is 9.62 Å². The lowest BCUT2D eigenvalue weighted by Gasteiger charge is -2.36. The summed E-state index contributed by atoms with van der Waals surface area (Å²) in [4.78, 5) is 14.4. The second-order valence-corrected chi connectivity index (χ2v) is 11.3. The molecule has 2 aliphatic rings. The number of likely N-dealkylation sites (tertiary alicyclic amines) is 1. The van der Waals surface area contributed by atoms with Gasteiger partial charge in [-0.15, -0.1) is 0 Å². The summed E-state index contributed by atoms with van der Waals surface area (Å²) in [7, 11) is -3.66. The van der Waals surface area contributed by atoms with Crippen LogP contribution in [0.2, 0.25) is 0 Å². The van der Waals surface area contributed by atoms with Crippen molar-refractivity contribution in [3.63, 3.8) is 0 Å². The Kier molecular flexibility index (Phi) is 6.96. The summed E-state index contributed by atoms with van der Waals surface area (Å²) in [6.45, 7) is 3.47. The number of rotatable bonds is 8. The summed E-state index contributed by atoms with van der Waals surface area (Å²) < 4.78 is 59.6. The number of nitrogens with one attached hydrogen (secondary N) is 1. The van der Waals surface area contributed by atoms with Gasteiger partial charge in [0.05, 0.1) is 6.26 Å². The molecule has 1 saturated heterocycles. The van der Waals surface area contributed by atoms with E-state index in [2.05, 4.69) is 4.90 Å². The summed E-state index contributed by atoms with van der Waals surface area (Å²) in [6, 6.07) is 9.83. The molecule has 4 rings (SSSR count). The second-order valence-electron chi connectivity index (χ2n) is 9.53. The molecule has 6 nitrogen and oxygen atoms in total. The van der Waals surface area contributed by atoms with Gasteiger partial charge in [0.2, 0.25) is 10.0 Å². The lowest BCUT2D eigenvalue weighted by Crippen LogP contribution is -2.44. The lowest BCUT2D eigenvalue weighted by molar-refractivity contribution is 0.0149. The standard InChI is InChI=1S/C25H30F2N2O4S/c1-17-13-18(3-7-22(17)26)15-29-11-9-25(27,10-12-29)16-33-23-8-6-20(14-21(23)19-4-5-19)24(30)28-34(2,31)32/h3,6-8,13-14,19H,4-5,9-12,15-16H2,1-2H3,(H,28,30). The molecule has 1 N–H and O–H groups in total. The number of carbonyl (C=O) groups excluding carboxylic acids is 1. The predicted octanol–water partition coefficient (Wildman–Crippen LogP) is 4.08. The van der Waals surface area contributed by atoms with Gasteiger partial charge in [0.25, 0.3) is 5.91 Å². The molecule has 0 unspecified atom stereocenters. The SMILES string of the molecule is Cc1cc(CN2CCC(F)(COc3ccc(C(=O)NS(C)(=O)=O)cc3C3CC3)CC2)ccc1F. The van der Waals surface area contributed by atoms with Gasteiger partial charge in [-0.1, -0.05) is 12.1 Å². The van der Waals surface area contributed by atoms with Crippen LogP contribution in [0.3, 0.4) is 0 Å². The van der Waals surface area contributed by atoms with Gasteiger partial charge >= 0.3 is 0 Å². The van der Waals surface area contributed by atoms with Crippen LogP contribution in [-0.4, -0.2) is 50.8 Å². The molecule has 0 spiro atoms. The van der Waals surface area contributed by atoms with E-state index < -0.39 is 21.6 Å². The predicted molar refractivity (Wildman–Crippen MR) is 126 cm³/mol. The average molecular weight is 493 g/mol. The van der Waals surface area contributed by atoms with E-state index in [1.165, 1.54) is 12.1 Å². The summed E-state index contributed by atoms with van der Waals surface area (Å²) in [5.41, 5.74) is 1.21. The van der Waals surface area contributed by atoms with Crippen molar-refractivity contribution in [3.8, 4) is 5.75 Å². The minimum absolute atomic E-state index is 0.0783. The number of benzene rings is 2. The fourth-order valence-corrected chi connectivity index (χ4v) is 4.74. The van der Waals surface area contributed by atoms with Gasteiger partial charge in [-0.3, -0.25) is 9.69 Å². The molecule has 0 radical (unpaired) electrons. The smallest absolute Gasteiger partial charge is 0.264 e. The number of halogens is 2. The third-order valence-corrected chi connectivity index (χ3v) is 6.99. The first-order chi connectivity index (χ1) is 16.0. The maximum atomic E-state index is 15.5. The molecule has 2 fully saturated rings. The summed E-state index contributed by atoms with van der Waals surface area (Å²) in [5, 5.41) is 0. The molecule has 184 valence electrons. The zero-order valence-electron chi connectivity index (χ0n) is 19.4. The van der Waals surface area contributed by atoms with Gasteiger partial charge in [-0.05, 0) is 79.5 Å². The van der Waals surface area contributed by atoms with Crippen molar-refractivity contribution in [2.45, 2.75) is 50.7 Å². The van der Waals surface area contributed by atoms with E-state index >= 15 is 4.39 Å². The van der Waals surface area contributed by atoms with Crippen LogP contribution in [0, 0.1) is 12.7 Å². The maximum absolute atomic E-state index is 15.5. The number of hydrogen-bond acceptors (Lipinski definition) is 5. The van der Waals surface area contributed by atoms with Crippen molar-refractivity contribution < 1.29 is 26.7 Å². The molecule has 2 aromatic carbocycles. The Bertz CT molecular complexity index is 1170. The average Bonchev–Trinajstić information content (AvgIpc) is 3.61. The Balaban J connectivity index is 1.35. The van der Waals surface area contributed by atoms with E-state index in [9.17, 15) is 17.6 Å². The molecule has 2 aromatic rings. The van der Waals surface area contributed by atoms with Crippen LogP contribution in [0.4, 0.5) is 8.78 Å². The molecule has 1 amide bonds. The molecule has 0 aromatic heterocycles. The van der Waals surface area contributed by atoms with Crippen LogP contribution in [0.15, 0.2) is 36.4 Å². The molecule has 1 aliphatic heterocycles. The number of sulfonamides is 1. The molecule has 1 saturated carbocycles. The summed E-state index contributed by atoms with van der Waals surface area (Å²) >= 11 is 0. The number of piperidine rings is 1. The fraction of sp³-hybridized carbons (Fsp3) is 0.480. The number of alkyl halides is 1. The second kappa shape index (κ2) is 9.62. The van der Waals surface area contributed by atoms with Crippen LogP contribution < -0.4 is 9.46 Å². The Hall–Kier alpha value is -2.52. The number of hydrogen-bond donors (Lipinski definition) is 1. The third-order valence-electron chi connectivity index (χ3n) is 6.43. The number of aryl methyl sites for hydroxylation is 1. The quantitative estimate of drug-likeness (QED) is 0.601. The molecule has 0 bridgehead atoms. The Morgan fingerprint density at radius 3 is 2.50 bits per heavy atom. The van der Waals surface area contributed by atoms with Gasteiger partial charge in [0.15, 0.2) is 0 Å². The monoisotopic (exact) mass is 492 g/mol. The first-order valence-electron chi connectivity index (χ1n) is 11.5. The van der Waals surface area contributed by atoms with Crippen LogP contribution in [0.25, 0.3) is 0 Å². The van der Waals surface area contributed by atoms with Crippen molar-refractivity contribution >= 4 is 15.9 Å². The molecule has 9 heteroatoms. The fourth-order valence-electron chi connectivity index (χ4n) is 4.29. The van der Waals surface area contributed by atoms with E-state index in [-0.39, 0.29) is 23.9 Å².